The van der Waals surface area contributed by atoms with Crippen LogP contribution in [0.1, 0.15) is 41.1 Å². The Kier molecular flexibility index (Phi) is 5.67. The van der Waals surface area contributed by atoms with Crippen molar-refractivity contribution in [2.75, 3.05) is 36.4 Å². The summed E-state index contributed by atoms with van der Waals surface area (Å²) in [7, 11) is -1.98. The molecule has 4 rings (SSSR count). The summed E-state index contributed by atoms with van der Waals surface area (Å²) in [4.78, 5) is 15.8. The van der Waals surface area contributed by atoms with E-state index >= 15 is 0 Å². The first-order valence-corrected chi connectivity index (χ1v) is 12.4. The number of carbonyl (C=O) groups is 1. The number of thiophene rings is 1. The fraction of sp³-hybridized carbons (Fsp3) is 0.476. The number of nitrogens with one attached hydrogen (secondary N) is 1. The maximum absolute atomic E-state index is 13.2. The van der Waals surface area contributed by atoms with Crippen molar-refractivity contribution >= 4 is 38.0 Å². The lowest BCUT2D eigenvalue weighted by Gasteiger charge is -2.28. The van der Waals surface area contributed by atoms with Crippen molar-refractivity contribution in [3.63, 3.8) is 0 Å². The molecule has 0 fully saturated rings. The molecular formula is C21H26N2O5S2. The molecule has 0 saturated carbocycles. The highest BCUT2D eigenvalue weighted by molar-refractivity contribution is 7.93. The minimum atomic E-state index is -3.88. The SMILES string of the molecule is CCOC(=O)c1c(NS(=O)(=O)c2ccc3c(c2)N(C)CCO3)sc2c1CCC(C)C2. The summed E-state index contributed by atoms with van der Waals surface area (Å²) in [6, 6.07) is 4.81. The zero-order valence-electron chi connectivity index (χ0n) is 17.4. The van der Waals surface area contributed by atoms with Gasteiger partial charge in [0, 0.05) is 11.9 Å². The monoisotopic (exact) mass is 450 g/mol. The van der Waals surface area contributed by atoms with Crippen LogP contribution in [0.3, 0.4) is 0 Å². The Labute approximate surface area is 181 Å². The molecular weight excluding hydrogens is 424 g/mol. The molecule has 2 aromatic rings. The topological polar surface area (TPSA) is 84.9 Å². The molecule has 30 heavy (non-hydrogen) atoms. The molecule has 1 atom stereocenters. The molecule has 0 amide bonds. The van der Waals surface area contributed by atoms with Crippen molar-refractivity contribution in [1.29, 1.82) is 0 Å². The number of nitrogens with zero attached hydrogens (tertiary/aromatic N) is 1. The number of hydrogen-bond acceptors (Lipinski definition) is 7. The number of carbonyl (C=O) groups excluding carboxylic acids is 1. The highest BCUT2D eigenvalue weighted by atomic mass is 32.2. The van der Waals surface area contributed by atoms with Gasteiger partial charge in [-0.2, -0.15) is 0 Å². The molecule has 1 unspecified atom stereocenters. The Hall–Kier alpha value is -2.26. The van der Waals surface area contributed by atoms with Gasteiger partial charge in [0.1, 0.15) is 17.4 Å². The van der Waals surface area contributed by atoms with Crippen LogP contribution in [-0.4, -0.2) is 41.2 Å². The van der Waals surface area contributed by atoms with E-state index in [1.807, 2.05) is 11.9 Å². The lowest BCUT2D eigenvalue weighted by molar-refractivity contribution is 0.0526. The Balaban J connectivity index is 1.71. The predicted octanol–water partition coefficient (Wildman–Crippen LogP) is 3.68. The largest absolute Gasteiger partial charge is 0.490 e. The minimum Gasteiger partial charge on any atom is -0.490 e. The molecule has 1 aromatic heterocycles. The van der Waals surface area contributed by atoms with Gasteiger partial charge in [0.2, 0.25) is 0 Å². The number of likely N-dealkylation sites (N-methyl/N-ethyl adjacent to an activating group) is 1. The fourth-order valence-electron chi connectivity index (χ4n) is 3.92. The highest BCUT2D eigenvalue weighted by Gasteiger charge is 2.31. The van der Waals surface area contributed by atoms with Gasteiger partial charge in [-0.15, -0.1) is 11.3 Å². The van der Waals surface area contributed by atoms with Gasteiger partial charge in [-0.05, 0) is 55.9 Å². The van der Waals surface area contributed by atoms with Crippen LogP contribution >= 0.6 is 11.3 Å². The van der Waals surface area contributed by atoms with Gasteiger partial charge in [0.15, 0.2) is 0 Å². The summed E-state index contributed by atoms with van der Waals surface area (Å²) in [5.74, 6) is 0.697. The third-order valence-electron chi connectivity index (χ3n) is 5.55. The molecule has 162 valence electrons. The quantitative estimate of drug-likeness (QED) is 0.700. The lowest BCUT2D eigenvalue weighted by atomic mass is 9.88. The number of esters is 1. The standard InChI is InChI=1S/C21H26N2O5S2/c1-4-27-21(24)19-15-7-5-13(2)11-18(15)29-20(19)22-30(25,26)14-6-8-17-16(12-14)23(3)9-10-28-17/h6,8,12-13,22H,4-5,7,9-11H2,1-3H3. The maximum atomic E-state index is 13.2. The Morgan fingerprint density at radius 1 is 1.40 bits per heavy atom. The molecule has 1 N–H and O–H groups in total. The van der Waals surface area contributed by atoms with E-state index in [0.29, 0.717) is 35.4 Å². The van der Waals surface area contributed by atoms with Gasteiger partial charge in [0.25, 0.3) is 10.0 Å². The van der Waals surface area contributed by atoms with Gasteiger partial charge in [-0.1, -0.05) is 6.92 Å². The second-order valence-electron chi connectivity index (χ2n) is 7.78. The van der Waals surface area contributed by atoms with E-state index in [9.17, 15) is 13.2 Å². The van der Waals surface area contributed by atoms with Crippen LogP contribution in [0.2, 0.25) is 0 Å². The highest BCUT2D eigenvalue weighted by Crippen LogP contribution is 2.41. The van der Waals surface area contributed by atoms with Crippen molar-refractivity contribution < 1.29 is 22.7 Å². The first-order valence-electron chi connectivity index (χ1n) is 10.1. The molecule has 1 aromatic carbocycles. The Morgan fingerprint density at radius 3 is 2.97 bits per heavy atom. The van der Waals surface area contributed by atoms with E-state index in [1.54, 1.807) is 19.1 Å². The average Bonchev–Trinajstić information content (AvgIpc) is 3.04. The van der Waals surface area contributed by atoms with E-state index < -0.39 is 16.0 Å². The Bertz CT molecular complexity index is 1080. The summed E-state index contributed by atoms with van der Waals surface area (Å²) in [6.45, 7) is 5.41. The number of benzene rings is 1. The van der Waals surface area contributed by atoms with Crippen molar-refractivity contribution in [1.82, 2.24) is 0 Å². The summed E-state index contributed by atoms with van der Waals surface area (Å²) < 4.78 is 39.9. The fourth-order valence-corrected chi connectivity index (χ4v) is 6.64. The summed E-state index contributed by atoms with van der Waals surface area (Å²) >= 11 is 1.34. The van der Waals surface area contributed by atoms with Crippen molar-refractivity contribution in [2.24, 2.45) is 5.92 Å². The normalized spacial score (nSPS) is 18.2. The number of fused-ring (bicyclic) bond motifs is 2. The average molecular weight is 451 g/mol. The van der Waals surface area contributed by atoms with E-state index in [-0.39, 0.29) is 11.5 Å². The number of hydrogen-bond donors (Lipinski definition) is 1. The molecule has 9 heteroatoms. The van der Waals surface area contributed by atoms with Crippen LogP contribution in [0.5, 0.6) is 5.75 Å². The van der Waals surface area contributed by atoms with Crippen LogP contribution in [0.15, 0.2) is 23.1 Å². The smallest absolute Gasteiger partial charge is 0.341 e. The number of anilines is 2. The van der Waals surface area contributed by atoms with Crippen LogP contribution in [-0.2, 0) is 27.6 Å². The molecule has 0 spiro atoms. The molecule has 1 aliphatic heterocycles. The van der Waals surface area contributed by atoms with E-state index in [2.05, 4.69) is 11.6 Å². The number of sulfonamides is 1. The van der Waals surface area contributed by atoms with Crippen molar-refractivity contribution in [2.45, 2.75) is 38.0 Å². The van der Waals surface area contributed by atoms with E-state index in [1.165, 1.54) is 17.4 Å². The number of ether oxygens (including phenoxy) is 2. The van der Waals surface area contributed by atoms with Crippen LogP contribution < -0.4 is 14.4 Å². The minimum absolute atomic E-state index is 0.133. The summed E-state index contributed by atoms with van der Waals surface area (Å²) in [6.07, 6.45) is 2.57. The molecule has 1 aliphatic carbocycles. The van der Waals surface area contributed by atoms with E-state index in [4.69, 9.17) is 9.47 Å². The molecule has 0 saturated heterocycles. The third kappa shape index (κ3) is 3.88. The molecule has 7 nitrogen and oxygen atoms in total. The first-order chi connectivity index (χ1) is 14.3. The van der Waals surface area contributed by atoms with Gasteiger partial charge in [0.05, 0.1) is 29.3 Å². The van der Waals surface area contributed by atoms with Crippen molar-refractivity contribution in [3.8, 4) is 5.75 Å². The second kappa shape index (κ2) is 8.11. The van der Waals surface area contributed by atoms with Gasteiger partial charge in [-0.25, -0.2) is 13.2 Å². The molecule has 0 bridgehead atoms. The van der Waals surface area contributed by atoms with Crippen LogP contribution in [0.25, 0.3) is 0 Å². The second-order valence-corrected chi connectivity index (χ2v) is 10.6. The van der Waals surface area contributed by atoms with Crippen molar-refractivity contribution in [3.05, 3.63) is 34.2 Å². The summed E-state index contributed by atoms with van der Waals surface area (Å²) in [5, 5.41) is 0.342. The van der Waals surface area contributed by atoms with Crippen LogP contribution in [0.4, 0.5) is 10.7 Å². The predicted molar refractivity (Wildman–Crippen MR) is 117 cm³/mol. The van der Waals surface area contributed by atoms with Crippen LogP contribution in [0, 0.1) is 5.92 Å². The van der Waals surface area contributed by atoms with Gasteiger partial charge in [-0.3, -0.25) is 4.72 Å². The van der Waals surface area contributed by atoms with Gasteiger partial charge < -0.3 is 14.4 Å². The summed E-state index contributed by atoms with van der Waals surface area (Å²) in [5.41, 5.74) is 2.02. The molecule has 2 heterocycles. The molecule has 0 radical (unpaired) electrons. The first kappa shape index (κ1) is 21.0. The maximum Gasteiger partial charge on any atom is 0.341 e. The third-order valence-corrected chi connectivity index (χ3v) is 8.20. The molecule has 2 aliphatic rings. The van der Waals surface area contributed by atoms with Gasteiger partial charge >= 0.3 is 5.97 Å². The zero-order valence-corrected chi connectivity index (χ0v) is 19.0. The number of rotatable bonds is 5. The lowest BCUT2D eigenvalue weighted by Crippen LogP contribution is -2.29. The Morgan fingerprint density at radius 2 is 2.20 bits per heavy atom. The zero-order chi connectivity index (χ0) is 21.5. The van der Waals surface area contributed by atoms with E-state index in [0.717, 1.165) is 35.4 Å².